The maximum Gasteiger partial charge on any atom is 0.264 e. The third-order valence-corrected chi connectivity index (χ3v) is 4.51. The Morgan fingerprint density at radius 1 is 1.32 bits per heavy atom. The van der Waals surface area contributed by atoms with E-state index in [0.717, 1.165) is 5.56 Å². The number of rotatable bonds is 7. The van der Waals surface area contributed by atoms with E-state index in [9.17, 15) is 4.79 Å². The van der Waals surface area contributed by atoms with Crippen LogP contribution in [0.3, 0.4) is 0 Å². The van der Waals surface area contributed by atoms with Crippen molar-refractivity contribution in [1.82, 2.24) is 15.2 Å². The SMILES string of the molecule is COCc1nnc(NC(=O)COc2ccccc2-c2csc(N)n2)s1. The van der Waals surface area contributed by atoms with Gasteiger partial charge in [-0.25, -0.2) is 4.98 Å². The zero-order valence-electron chi connectivity index (χ0n) is 13.3. The van der Waals surface area contributed by atoms with Gasteiger partial charge in [0.1, 0.15) is 17.4 Å². The van der Waals surface area contributed by atoms with Gasteiger partial charge in [0, 0.05) is 18.1 Å². The summed E-state index contributed by atoms with van der Waals surface area (Å²) < 4.78 is 10.6. The molecule has 0 atom stereocenters. The number of hydrogen-bond acceptors (Lipinski definition) is 9. The molecule has 0 saturated carbocycles. The molecule has 0 aliphatic carbocycles. The van der Waals surface area contributed by atoms with E-state index in [1.54, 1.807) is 13.2 Å². The predicted octanol–water partition coefficient (Wildman–Crippen LogP) is 2.41. The largest absolute Gasteiger partial charge is 0.483 e. The number of aromatic nitrogens is 3. The molecule has 25 heavy (non-hydrogen) atoms. The van der Waals surface area contributed by atoms with E-state index in [-0.39, 0.29) is 12.5 Å². The Morgan fingerprint density at radius 2 is 2.16 bits per heavy atom. The molecule has 0 saturated heterocycles. The number of anilines is 2. The Morgan fingerprint density at radius 3 is 2.92 bits per heavy atom. The lowest BCUT2D eigenvalue weighted by atomic mass is 10.1. The maximum atomic E-state index is 12.0. The molecule has 0 spiro atoms. The second kappa shape index (κ2) is 8.01. The number of thiazole rings is 1. The Kier molecular flexibility index (Phi) is 5.53. The highest BCUT2D eigenvalue weighted by atomic mass is 32.1. The van der Waals surface area contributed by atoms with Gasteiger partial charge in [0.05, 0.1) is 5.69 Å². The summed E-state index contributed by atoms with van der Waals surface area (Å²) in [6.07, 6.45) is 0. The van der Waals surface area contributed by atoms with Crippen molar-refractivity contribution in [1.29, 1.82) is 0 Å². The van der Waals surface area contributed by atoms with Crippen LogP contribution in [0, 0.1) is 0 Å². The summed E-state index contributed by atoms with van der Waals surface area (Å²) in [4.78, 5) is 16.3. The molecule has 3 N–H and O–H groups in total. The van der Waals surface area contributed by atoms with Crippen LogP contribution in [0.2, 0.25) is 0 Å². The number of nitrogens with zero attached hydrogens (tertiary/aromatic N) is 3. The number of nitrogens with two attached hydrogens (primary N) is 1. The number of ether oxygens (including phenoxy) is 2. The van der Waals surface area contributed by atoms with E-state index in [1.165, 1.54) is 22.7 Å². The van der Waals surface area contributed by atoms with Crippen molar-refractivity contribution in [3.63, 3.8) is 0 Å². The molecule has 0 aliphatic heterocycles. The predicted molar refractivity (Wildman–Crippen MR) is 96.7 cm³/mol. The monoisotopic (exact) mass is 377 g/mol. The Hall–Kier alpha value is -2.56. The minimum atomic E-state index is -0.326. The second-order valence-electron chi connectivity index (χ2n) is 4.84. The molecular weight excluding hydrogens is 362 g/mol. The summed E-state index contributed by atoms with van der Waals surface area (Å²) in [5.41, 5.74) is 7.17. The number of benzene rings is 1. The fourth-order valence-electron chi connectivity index (χ4n) is 2.00. The van der Waals surface area contributed by atoms with Gasteiger partial charge in [0.25, 0.3) is 5.91 Å². The standard InChI is InChI=1S/C15H15N5O3S2/c1-22-7-13-19-20-15(25-13)18-12(21)6-23-11-5-3-2-4-9(11)10-8-24-14(16)17-10/h2-5,8H,6-7H2,1H3,(H2,16,17)(H,18,20,21). The van der Waals surface area contributed by atoms with E-state index in [4.69, 9.17) is 15.2 Å². The van der Waals surface area contributed by atoms with Crippen LogP contribution in [0.15, 0.2) is 29.6 Å². The van der Waals surface area contributed by atoms with Crippen LogP contribution >= 0.6 is 22.7 Å². The summed E-state index contributed by atoms with van der Waals surface area (Å²) in [6.45, 7) is 0.198. The lowest BCUT2D eigenvalue weighted by Gasteiger charge is -2.09. The highest BCUT2D eigenvalue weighted by molar-refractivity contribution is 7.15. The number of hydrogen-bond donors (Lipinski definition) is 2. The normalized spacial score (nSPS) is 10.6. The lowest BCUT2D eigenvalue weighted by molar-refractivity contribution is -0.118. The minimum Gasteiger partial charge on any atom is -0.483 e. The van der Waals surface area contributed by atoms with Crippen molar-refractivity contribution < 1.29 is 14.3 Å². The molecule has 2 aromatic heterocycles. The number of carbonyl (C=O) groups excluding carboxylic acids is 1. The quantitative estimate of drug-likeness (QED) is 0.650. The number of nitrogens with one attached hydrogen (secondary N) is 1. The summed E-state index contributed by atoms with van der Waals surface area (Å²) in [5.74, 6) is 0.230. The highest BCUT2D eigenvalue weighted by Crippen LogP contribution is 2.31. The molecule has 0 radical (unpaired) electrons. The fourth-order valence-corrected chi connectivity index (χ4v) is 3.29. The molecule has 2 heterocycles. The topological polar surface area (TPSA) is 112 Å². The molecule has 0 unspecified atom stereocenters. The molecule has 10 heteroatoms. The van der Waals surface area contributed by atoms with Crippen molar-refractivity contribution in [2.75, 3.05) is 24.8 Å². The van der Waals surface area contributed by atoms with Gasteiger partial charge in [-0.1, -0.05) is 23.5 Å². The zero-order chi connectivity index (χ0) is 17.6. The van der Waals surface area contributed by atoms with Gasteiger partial charge in [0.2, 0.25) is 5.13 Å². The van der Waals surface area contributed by atoms with Crippen molar-refractivity contribution >= 4 is 38.8 Å². The third kappa shape index (κ3) is 4.50. The average Bonchev–Trinajstić information content (AvgIpc) is 3.23. The molecule has 8 nitrogen and oxygen atoms in total. The number of methoxy groups -OCH3 is 1. The van der Waals surface area contributed by atoms with Gasteiger partial charge >= 0.3 is 0 Å². The molecular formula is C15H15N5O3S2. The Bertz CT molecular complexity index is 864. The van der Waals surface area contributed by atoms with Gasteiger partial charge in [-0.2, -0.15) is 0 Å². The van der Waals surface area contributed by atoms with Crippen LogP contribution in [0.5, 0.6) is 5.75 Å². The minimum absolute atomic E-state index is 0.157. The van der Waals surface area contributed by atoms with Crippen LogP contribution in [-0.4, -0.2) is 34.8 Å². The van der Waals surface area contributed by atoms with E-state index < -0.39 is 0 Å². The van der Waals surface area contributed by atoms with Crippen LogP contribution in [0.4, 0.5) is 10.3 Å². The van der Waals surface area contributed by atoms with Crippen LogP contribution in [0.1, 0.15) is 5.01 Å². The molecule has 3 aromatic rings. The summed E-state index contributed by atoms with van der Waals surface area (Å²) in [7, 11) is 1.57. The van der Waals surface area contributed by atoms with Gasteiger partial charge in [0.15, 0.2) is 11.7 Å². The Balaban J connectivity index is 1.62. The van der Waals surface area contributed by atoms with E-state index in [1.807, 2.05) is 23.6 Å². The zero-order valence-corrected chi connectivity index (χ0v) is 14.9. The molecule has 0 aliphatic rings. The first kappa shape index (κ1) is 17.3. The Labute approximate surface area is 151 Å². The second-order valence-corrected chi connectivity index (χ2v) is 6.79. The van der Waals surface area contributed by atoms with Gasteiger partial charge in [-0.15, -0.1) is 21.5 Å². The summed E-state index contributed by atoms with van der Waals surface area (Å²) >= 11 is 2.60. The number of amides is 1. The van der Waals surface area contributed by atoms with Crippen molar-refractivity contribution in [2.24, 2.45) is 0 Å². The smallest absolute Gasteiger partial charge is 0.264 e. The molecule has 1 aromatic carbocycles. The van der Waals surface area contributed by atoms with Crippen LogP contribution < -0.4 is 15.8 Å². The van der Waals surface area contributed by atoms with Crippen LogP contribution in [0.25, 0.3) is 11.3 Å². The average molecular weight is 377 g/mol. The van der Waals surface area contributed by atoms with Crippen LogP contribution in [-0.2, 0) is 16.1 Å². The first-order valence-corrected chi connectivity index (χ1v) is 8.89. The van der Waals surface area contributed by atoms with E-state index >= 15 is 0 Å². The first-order valence-electron chi connectivity index (χ1n) is 7.20. The molecule has 3 rings (SSSR count). The molecule has 1 amide bonds. The fraction of sp³-hybridized carbons (Fsp3) is 0.200. The van der Waals surface area contributed by atoms with E-state index in [0.29, 0.717) is 33.3 Å². The number of para-hydroxylation sites is 1. The molecule has 0 bridgehead atoms. The molecule has 0 fully saturated rings. The third-order valence-electron chi connectivity index (χ3n) is 3.02. The lowest BCUT2D eigenvalue weighted by Crippen LogP contribution is -2.20. The summed E-state index contributed by atoms with van der Waals surface area (Å²) in [5, 5.41) is 13.8. The van der Waals surface area contributed by atoms with Crippen molar-refractivity contribution in [3.05, 3.63) is 34.7 Å². The van der Waals surface area contributed by atoms with Crippen molar-refractivity contribution in [2.45, 2.75) is 6.61 Å². The van der Waals surface area contributed by atoms with Gasteiger partial charge < -0.3 is 15.2 Å². The van der Waals surface area contributed by atoms with Crippen molar-refractivity contribution in [3.8, 4) is 17.0 Å². The number of carbonyl (C=O) groups is 1. The summed E-state index contributed by atoms with van der Waals surface area (Å²) in [6, 6.07) is 7.34. The number of nitrogen functional groups attached to an aromatic ring is 1. The molecule has 130 valence electrons. The van der Waals surface area contributed by atoms with Gasteiger partial charge in [-0.3, -0.25) is 10.1 Å². The maximum absolute atomic E-state index is 12.0. The van der Waals surface area contributed by atoms with E-state index in [2.05, 4.69) is 20.5 Å². The first-order chi connectivity index (χ1) is 12.2. The van der Waals surface area contributed by atoms with Gasteiger partial charge in [-0.05, 0) is 12.1 Å². The highest BCUT2D eigenvalue weighted by Gasteiger charge is 2.12.